The van der Waals surface area contributed by atoms with Gasteiger partial charge in [-0.3, -0.25) is 0 Å². The van der Waals surface area contributed by atoms with Crippen LogP contribution >= 0.6 is 55.3 Å². The van der Waals surface area contributed by atoms with Crippen molar-refractivity contribution in [2.24, 2.45) is 0 Å². The molecule has 1 unspecified atom stereocenters. The molecule has 0 aromatic carbocycles. The van der Waals surface area contributed by atoms with E-state index in [1.54, 1.807) is 0 Å². The smallest absolute Gasteiger partial charge is 0.303 e. The van der Waals surface area contributed by atoms with Crippen molar-refractivity contribution >= 4 is 55.3 Å². The minimum atomic E-state index is -4.64. The zero-order chi connectivity index (χ0) is 17.8. The number of alkyl halides is 2. The second-order valence-electron chi connectivity index (χ2n) is 2.47. The topological polar surface area (TPSA) is 233 Å². The van der Waals surface area contributed by atoms with Crippen molar-refractivity contribution in [1.82, 2.24) is 0 Å². The van der Waals surface area contributed by atoms with Gasteiger partial charge in [-0.2, -0.15) is 0 Å². The Morgan fingerprint density at radius 1 is 0.750 bits per heavy atom. The van der Waals surface area contributed by atoms with Crippen LogP contribution in [-0.2, 0) is 13.7 Å². The number of halogens is 2. The van der Waals surface area contributed by atoms with Gasteiger partial charge >= 0.3 is 23.5 Å². The lowest BCUT2D eigenvalue weighted by molar-refractivity contribution is 0.272. The summed E-state index contributed by atoms with van der Waals surface area (Å²) in [6.45, 7) is 2.09. The lowest BCUT2D eigenvalue weighted by Crippen LogP contribution is -1.85. The van der Waals surface area contributed by atoms with E-state index in [1.807, 2.05) is 0 Å². The average molecular weight is 496 g/mol. The SMILES string of the molecule is CC(Br)CBr.O=P(O)(O)O.O=P(O)(O)O.O=P(O)(O)O. The minimum absolute atomic E-state index is 0.613. The highest BCUT2D eigenvalue weighted by molar-refractivity contribution is 9.12. The van der Waals surface area contributed by atoms with Crippen LogP contribution in [0.3, 0.4) is 0 Å². The highest BCUT2D eigenvalue weighted by Gasteiger charge is 2.01. The fourth-order valence-electron chi connectivity index (χ4n) is 0. The molecule has 0 bridgehead atoms. The Balaban J connectivity index is -0.0000000853. The molecule has 0 heterocycles. The molecule has 0 spiro atoms. The van der Waals surface area contributed by atoms with Crippen molar-refractivity contribution in [3.8, 4) is 0 Å². The molecule has 0 rings (SSSR count). The van der Waals surface area contributed by atoms with E-state index in [0.717, 1.165) is 5.33 Å². The largest absolute Gasteiger partial charge is 0.466 e. The van der Waals surface area contributed by atoms with E-state index in [0.29, 0.717) is 4.83 Å². The van der Waals surface area contributed by atoms with Crippen LogP contribution in [0.2, 0.25) is 0 Å². The van der Waals surface area contributed by atoms with Gasteiger partial charge in [0.25, 0.3) is 0 Å². The standard InChI is InChI=1S/C3H6Br2.3H3O4P/c1-3(5)2-4;3*1-5(2,3)4/h3H,2H2,1H3;3*(H3,1,2,3,4). The maximum absolute atomic E-state index is 8.88. The van der Waals surface area contributed by atoms with Crippen LogP contribution in [0, 0.1) is 0 Å². The minimum Gasteiger partial charge on any atom is -0.303 e. The molecule has 1 atom stereocenters. The Hall–Kier alpha value is 1.29. The van der Waals surface area contributed by atoms with Gasteiger partial charge < -0.3 is 44.0 Å². The molecule has 17 heteroatoms. The van der Waals surface area contributed by atoms with Gasteiger partial charge in [0, 0.05) is 10.2 Å². The Kier molecular flexibility index (Phi) is 20.4. The first-order valence-electron chi connectivity index (χ1n) is 3.82. The summed E-state index contributed by atoms with van der Waals surface area (Å²) in [4.78, 5) is 65.3. The molecule has 0 aliphatic heterocycles. The maximum atomic E-state index is 8.88. The highest BCUT2D eigenvalue weighted by atomic mass is 79.9. The van der Waals surface area contributed by atoms with Gasteiger partial charge in [0.2, 0.25) is 0 Å². The van der Waals surface area contributed by atoms with Crippen molar-refractivity contribution in [3.63, 3.8) is 0 Å². The van der Waals surface area contributed by atoms with Crippen LogP contribution in [-0.4, -0.2) is 54.2 Å². The molecule has 12 nitrogen and oxygen atoms in total. The lowest BCUT2D eigenvalue weighted by atomic mass is 10.6. The summed E-state index contributed by atoms with van der Waals surface area (Å²) in [6.07, 6.45) is 0. The third-order valence-electron chi connectivity index (χ3n) is 0.213. The Morgan fingerprint density at radius 2 is 0.800 bits per heavy atom. The fraction of sp³-hybridized carbons (Fsp3) is 1.00. The summed E-state index contributed by atoms with van der Waals surface area (Å²) in [5.74, 6) is 0. The summed E-state index contributed by atoms with van der Waals surface area (Å²) in [7, 11) is -13.9. The molecule has 0 amide bonds. The third-order valence-corrected chi connectivity index (χ3v) is 2.38. The maximum Gasteiger partial charge on any atom is 0.466 e. The van der Waals surface area contributed by atoms with Crippen molar-refractivity contribution < 1.29 is 57.7 Å². The van der Waals surface area contributed by atoms with E-state index in [9.17, 15) is 0 Å². The summed E-state index contributed by atoms with van der Waals surface area (Å²) in [6, 6.07) is 0. The molecule has 0 saturated carbocycles. The summed E-state index contributed by atoms with van der Waals surface area (Å²) in [5.41, 5.74) is 0. The van der Waals surface area contributed by atoms with Gasteiger partial charge in [-0.25, -0.2) is 13.7 Å². The summed E-state index contributed by atoms with van der Waals surface area (Å²) in [5, 5.41) is 1.03. The fourth-order valence-corrected chi connectivity index (χ4v) is 0. The molecular weight excluding hydrogens is 481 g/mol. The van der Waals surface area contributed by atoms with E-state index < -0.39 is 23.5 Å². The van der Waals surface area contributed by atoms with Crippen LogP contribution in [0.1, 0.15) is 6.92 Å². The molecule has 0 saturated heterocycles. The number of phosphoric acid groups is 3. The molecular formula is C3H15Br2O12P3. The predicted molar refractivity (Wildman–Crippen MR) is 75.0 cm³/mol. The Morgan fingerprint density at radius 3 is 0.800 bits per heavy atom. The molecule has 20 heavy (non-hydrogen) atoms. The van der Waals surface area contributed by atoms with E-state index in [2.05, 4.69) is 38.8 Å². The zero-order valence-corrected chi connectivity index (χ0v) is 15.5. The number of hydrogen-bond donors (Lipinski definition) is 9. The van der Waals surface area contributed by atoms with Crippen LogP contribution in [0.15, 0.2) is 0 Å². The predicted octanol–water partition coefficient (Wildman–Crippen LogP) is -0.621. The van der Waals surface area contributed by atoms with Crippen LogP contribution in [0.4, 0.5) is 0 Å². The van der Waals surface area contributed by atoms with Crippen molar-refractivity contribution in [2.75, 3.05) is 5.33 Å². The van der Waals surface area contributed by atoms with E-state index in [1.165, 1.54) is 0 Å². The molecule has 0 fully saturated rings. The van der Waals surface area contributed by atoms with Crippen molar-refractivity contribution in [2.45, 2.75) is 11.8 Å². The second kappa shape index (κ2) is 13.9. The highest BCUT2D eigenvalue weighted by Crippen LogP contribution is 2.26. The second-order valence-corrected chi connectivity index (χ2v) is 7.77. The van der Waals surface area contributed by atoms with E-state index in [4.69, 9.17) is 57.7 Å². The zero-order valence-electron chi connectivity index (χ0n) is 9.63. The first-order valence-corrected chi connectivity index (χ1v) is 10.6. The quantitative estimate of drug-likeness (QED) is 0.163. The molecule has 128 valence electrons. The van der Waals surface area contributed by atoms with Crippen molar-refractivity contribution in [3.05, 3.63) is 0 Å². The lowest BCUT2D eigenvalue weighted by Gasteiger charge is -1.86. The first-order chi connectivity index (χ1) is 8.27. The Labute approximate surface area is 130 Å². The van der Waals surface area contributed by atoms with Crippen LogP contribution in [0.25, 0.3) is 0 Å². The Bertz CT molecular complexity index is 268. The average Bonchev–Trinajstić information content (AvgIpc) is 1.93. The van der Waals surface area contributed by atoms with Crippen LogP contribution in [0.5, 0.6) is 0 Å². The molecule has 0 radical (unpaired) electrons. The summed E-state index contributed by atoms with van der Waals surface area (Å²) < 4.78 is 26.6. The van der Waals surface area contributed by atoms with Gasteiger partial charge in [-0.05, 0) is 0 Å². The van der Waals surface area contributed by atoms with Crippen molar-refractivity contribution in [1.29, 1.82) is 0 Å². The normalized spacial score (nSPS) is 12.6. The van der Waals surface area contributed by atoms with Gasteiger partial charge in [0.05, 0.1) is 0 Å². The number of rotatable bonds is 1. The molecule has 0 aromatic heterocycles. The van der Waals surface area contributed by atoms with E-state index >= 15 is 0 Å². The number of hydrogen-bond acceptors (Lipinski definition) is 3. The van der Waals surface area contributed by atoms with Gasteiger partial charge in [0.1, 0.15) is 0 Å². The molecule has 0 aliphatic rings. The van der Waals surface area contributed by atoms with Gasteiger partial charge in [-0.1, -0.05) is 38.8 Å². The van der Waals surface area contributed by atoms with E-state index in [-0.39, 0.29) is 0 Å². The molecule has 0 aliphatic carbocycles. The molecule has 9 N–H and O–H groups in total. The summed E-state index contributed by atoms with van der Waals surface area (Å²) >= 11 is 6.59. The van der Waals surface area contributed by atoms with Crippen LogP contribution < -0.4 is 0 Å². The third kappa shape index (κ3) is 596. The first kappa shape index (κ1) is 29.3. The molecule has 0 aromatic rings. The van der Waals surface area contributed by atoms with Gasteiger partial charge in [-0.15, -0.1) is 0 Å². The van der Waals surface area contributed by atoms with Gasteiger partial charge in [0.15, 0.2) is 0 Å². The monoisotopic (exact) mass is 494 g/mol.